The SMILES string of the molecule is NS(=O)(=O)CC1CC(=O)N(c2ncnc3[nH]cc(I)c23)C1. The van der Waals surface area contributed by atoms with Crippen molar-refractivity contribution < 1.29 is 13.2 Å². The van der Waals surface area contributed by atoms with Gasteiger partial charge < -0.3 is 4.98 Å². The average Bonchev–Trinajstić information content (AvgIpc) is 2.91. The van der Waals surface area contributed by atoms with E-state index in [1.807, 2.05) is 0 Å². The number of rotatable bonds is 3. The van der Waals surface area contributed by atoms with E-state index < -0.39 is 10.0 Å². The van der Waals surface area contributed by atoms with Gasteiger partial charge in [0.25, 0.3) is 0 Å². The van der Waals surface area contributed by atoms with Crippen LogP contribution in [-0.4, -0.2) is 41.6 Å². The van der Waals surface area contributed by atoms with Gasteiger partial charge in [0.2, 0.25) is 15.9 Å². The van der Waals surface area contributed by atoms with E-state index in [1.165, 1.54) is 11.2 Å². The van der Waals surface area contributed by atoms with E-state index in [0.29, 0.717) is 18.0 Å². The number of hydrogen-bond donors (Lipinski definition) is 2. The second kappa shape index (κ2) is 5.18. The van der Waals surface area contributed by atoms with Crippen LogP contribution in [0.15, 0.2) is 12.5 Å². The van der Waals surface area contributed by atoms with Crippen molar-refractivity contribution in [2.45, 2.75) is 6.42 Å². The number of nitrogens with two attached hydrogens (primary N) is 1. The summed E-state index contributed by atoms with van der Waals surface area (Å²) in [7, 11) is -3.60. The fraction of sp³-hybridized carbons (Fsp3) is 0.364. The molecule has 112 valence electrons. The summed E-state index contributed by atoms with van der Waals surface area (Å²) in [6, 6.07) is 0. The van der Waals surface area contributed by atoms with Gasteiger partial charge >= 0.3 is 0 Å². The van der Waals surface area contributed by atoms with Crippen molar-refractivity contribution >= 4 is 55.4 Å². The summed E-state index contributed by atoms with van der Waals surface area (Å²) in [4.78, 5) is 25.0. The van der Waals surface area contributed by atoms with Crippen molar-refractivity contribution in [1.29, 1.82) is 0 Å². The summed E-state index contributed by atoms with van der Waals surface area (Å²) in [6.45, 7) is 0.294. The number of hydrogen-bond acceptors (Lipinski definition) is 5. The number of anilines is 1. The number of nitrogens with zero attached hydrogens (tertiary/aromatic N) is 3. The Morgan fingerprint density at radius 2 is 2.24 bits per heavy atom. The number of amides is 1. The molecule has 10 heteroatoms. The molecule has 0 aromatic carbocycles. The standard InChI is InChI=1S/C11H12IN5O3S/c12-7-2-14-10-9(7)11(16-5-15-10)17-3-6(1-8(17)18)4-21(13,19)20/h2,5-6H,1,3-4H2,(H2,13,19,20)(H,14,15,16). The third kappa shape index (κ3) is 2.87. The number of aromatic amines is 1. The van der Waals surface area contributed by atoms with E-state index in [9.17, 15) is 13.2 Å². The van der Waals surface area contributed by atoms with Crippen molar-refractivity contribution in [3.8, 4) is 0 Å². The molecule has 1 atom stereocenters. The van der Waals surface area contributed by atoms with Crippen molar-refractivity contribution in [3.63, 3.8) is 0 Å². The lowest BCUT2D eigenvalue weighted by Crippen LogP contribution is -2.28. The minimum Gasteiger partial charge on any atom is -0.345 e. The Morgan fingerprint density at radius 3 is 2.95 bits per heavy atom. The molecule has 3 N–H and O–H groups in total. The summed E-state index contributed by atoms with van der Waals surface area (Å²) in [5.41, 5.74) is 0.645. The zero-order valence-electron chi connectivity index (χ0n) is 10.8. The zero-order valence-corrected chi connectivity index (χ0v) is 13.8. The highest BCUT2D eigenvalue weighted by molar-refractivity contribution is 14.1. The normalized spacial score (nSPS) is 19.6. The first-order chi connectivity index (χ1) is 9.85. The number of fused-ring (bicyclic) bond motifs is 1. The summed E-state index contributed by atoms with van der Waals surface area (Å²) in [5.74, 6) is -0.157. The van der Waals surface area contributed by atoms with Crippen LogP contribution in [0.4, 0.5) is 5.82 Å². The molecular weight excluding hydrogens is 409 g/mol. The van der Waals surface area contributed by atoms with Gasteiger partial charge in [0, 0.05) is 28.7 Å². The van der Waals surface area contributed by atoms with Crippen LogP contribution in [0.3, 0.4) is 0 Å². The van der Waals surface area contributed by atoms with E-state index in [0.717, 1.165) is 8.96 Å². The van der Waals surface area contributed by atoms with Crippen molar-refractivity contribution in [3.05, 3.63) is 16.1 Å². The molecule has 2 aromatic rings. The van der Waals surface area contributed by atoms with Crippen LogP contribution in [0.25, 0.3) is 11.0 Å². The maximum absolute atomic E-state index is 12.2. The molecule has 1 amide bonds. The average molecular weight is 421 g/mol. The van der Waals surface area contributed by atoms with Crippen LogP contribution in [-0.2, 0) is 14.8 Å². The molecule has 1 aliphatic rings. The minimum atomic E-state index is -3.60. The number of sulfonamides is 1. The van der Waals surface area contributed by atoms with E-state index in [4.69, 9.17) is 5.14 Å². The quantitative estimate of drug-likeness (QED) is 0.686. The Balaban J connectivity index is 1.96. The van der Waals surface area contributed by atoms with Gasteiger partial charge in [0.1, 0.15) is 17.8 Å². The zero-order chi connectivity index (χ0) is 15.2. The van der Waals surface area contributed by atoms with Crippen LogP contribution in [0.5, 0.6) is 0 Å². The number of nitrogens with one attached hydrogen (secondary N) is 1. The molecule has 0 aliphatic carbocycles. The second-order valence-electron chi connectivity index (χ2n) is 4.96. The monoisotopic (exact) mass is 421 g/mol. The van der Waals surface area contributed by atoms with E-state index in [-0.39, 0.29) is 24.0 Å². The molecule has 3 rings (SSSR count). The van der Waals surface area contributed by atoms with Crippen LogP contribution < -0.4 is 10.0 Å². The maximum atomic E-state index is 12.2. The van der Waals surface area contributed by atoms with Gasteiger partial charge in [-0.25, -0.2) is 23.5 Å². The molecule has 3 heterocycles. The smallest absolute Gasteiger partial charge is 0.228 e. The van der Waals surface area contributed by atoms with Crippen LogP contribution in [0.1, 0.15) is 6.42 Å². The van der Waals surface area contributed by atoms with Gasteiger partial charge in [-0.2, -0.15) is 0 Å². The van der Waals surface area contributed by atoms with Crippen LogP contribution in [0, 0.1) is 9.49 Å². The molecule has 1 saturated heterocycles. The van der Waals surface area contributed by atoms with Crippen LogP contribution in [0.2, 0.25) is 0 Å². The van der Waals surface area contributed by atoms with Crippen molar-refractivity contribution in [1.82, 2.24) is 15.0 Å². The highest BCUT2D eigenvalue weighted by Gasteiger charge is 2.34. The first-order valence-electron chi connectivity index (χ1n) is 6.13. The molecule has 1 aliphatic heterocycles. The van der Waals surface area contributed by atoms with Gasteiger partial charge in [-0.1, -0.05) is 0 Å². The Kier molecular flexibility index (Phi) is 3.61. The lowest BCUT2D eigenvalue weighted by Gasteiger charge is -2.16. The number of aromatic nitrogens is 3. The van der Waals surface area contributed by atoms with Crippen molar-refractivity contribution in [2.24, 2.45) is 11.1 Å². The molecular formula is C11H12IN5O3S. The first kappa shape index (κ1) is 14.7. The van der Waals surface area contributed by atoms with Gasteiger partial charge in [0.15, 0.2) is 0 Å². The molecule has 0 spiro atoms. The molecule has 0 radical (unpaired) electrons. The Labute approximate surface area is 134 Å². The third-order valence-corrected chi connectivity index (χ3v) is 5.12. The Bertz CT molecular complexity index is 818. The molecule has 1 unspecified atom stereocenters. The maximum Gasteiger partial charge on any atom is 0.228 e. The summed E-state index contributed by atoms with van der Waals surface area (Å²) in [6.07, 6.45) is 3.32. The molecule has 2 aromatic heterocycles. The van der Waals surface area contributed by atoms with Crippen LogP contribution >= 0.6 is 22.6 Å². The molecule has 1 fully saturated rings. The third-order valence-electron chi connectivity index (χ3n) is 3.33. The summed E-state index contributed by atoms with van der Waals surface area (Å²) >= 11 is 2.13. The van der Waals surface area contributed by atoms with Gasteiger partial charge in [0.05, 0.1) is 11.1 Å². The molecule has 0 saturated carbocycles. The Hall–Kier alpha value is -1.27. The van der Waals surface area contributed by atoms with Gasteiger partial charge in [-0.15, -0.1) is 0 Å². The lowest BCUT2D eigenvalue weighted by molar-refractivity contribution is -0.117. The number of halogens is 1. The van der Waals surface area contributed by atoms with Crippen molar-refractivity contribution in [2.75, 3.05) is 17.2 Å². The number of carbonyl (C=O) groups excluding carboxylic acids is 1. The fourth-order valence-corrected chi connectivity index (χ4v) is 4.07. The number of H-pyrrole nitrogens is 1. The predicted octanol–water partition coefficient (Wildman–Crippen LogP) is 0.204. The minimum absolute atomic E-state index is 0.152. The predicted molar refractivity (Wildman–Crippen MR) is 85.0 cm³/mol. The molecule has 8 nitrogen and oxygen atoms in total. The Morgan fingerprint density at radius 1 is 1.48 bits per heavy atom. The van der Waals surface area contributed by atoms with Gasteiger partial charge in [-0.05, 0) is 22.6 Å². The number of carbonyl (C=O) groups is 1. The second-order valence-corrected chi connectivity index (χ2v) is 7.78. The van der Waals surface area contributed by atoms with Gasteiger partial charge in [-0.3, -0.25) is 9.69 Å². The van der Waals surface area contributed by atoms with E-state index >= 15 is 0 Å². The largest absolute Gasteiger partial charge is 0.345 e. The highest BCUT2D eigenvalue weighted by Crippen LogP contribution is 2.31. The summed E-state index contributed by atoms with van der Waals surface area (Å²) in [5, 5.41) is 5.82. The molecule has 0 bridgehead atoms. The first-order valence-corrected chi connectivity index (χ1v) is 8.93. The topological polar surface area (TPSA) is 122 Å². The van der Waals surface area contributed by atoms with E-state index in [1.54, 1.807) is 6.20 Å². The summed E-state index contributed by atoms with van der Waals surface area (Å²) < 4.78 is 23.3. The highest BCUT2D eigenvalue weighted by atomic mass is 127. The lowest BCUT2D eigenvalue weighted by atomic mass is 10.1. The fourth-order valence-electron chi connectivity index (χ4n) is 2.54. The van der Waals surface area contributed by atoms with E-state index in [2.05, 4.69) is 37.5 Å². The number of primary sulfonamides is 1. The molecule has 21 heavy (non-hydrogen) atoms.